The van der Waals surface area contributed by atoms with Crippen LogP contribution >= 0.6 is 0 Å². The highest BCUT2D eigenvalue weighted by atomic mass is 15.0. The van der Waals surface area contributed by atoms with Crippen LogP contribution in [0.3, 0.4) is 0 Å². The highest BCUT2D eigenvalue weighted by Crippen LogP contribution is 2.13. The third-order valence-electron chi connectivity index (χ3n) is 3.44. The van der Waals surface area contributed by atoms with Crippen LogP contribution in [0.15, 0.2) is 0 Å². The van der Waals surface area contributed by atoms with Gasteiger partial charge in [0.05, 0.1) is 0 Å². The summed E-state index contributed by atoms with van der Waals surface area (Å²) >= 11 is 0. The van der Waals surface area contributed by atoms with E-state index in [9.17, 15) is 0 Å². The maximum absolute atomic E-state index is 3.57. The van der Waals surface area contributed by atoms with E-state index in [4.69, 9.17) is 0 Å². The van der Waals surface area contributed by atoms with Crippen LogP contribution in [0.5, 0.6) is 0 Å². The fraction of sp³-hybridized carbons (Fsp3) is 1.00. The summed E-state index contributed by atoms with van der Waals surface area (Å²) in [5, 5.41) is 7.12. The molecule has 1 rings (SSSR count). The number of hydrogen-bond acceptors (Lipinski definition) is 2. The zero-order valence-corrected chi connectivity index (χ0v) is 10.7. The summed E-state index contributed by atoms with van der Waals surface area (Å²) in [6, 6.07) is 0.718. The normalized spacial score (nSPS) is 26.4. The van der Waals surface area contributed by atoms with Gasteiger partial charge in [-0.15, -0.1) is 0 Å². The lowest BCUT2D eigenvalue weighted by atomic mass is 10.0. The van der Waals surface area contributed by atoms with Crippen LogP contribution in [0.2, 0.25) is 0 Å². The quantitative estimate of drug-likeness (QED) is 0.633. The zero-order chi connectivity index (χ0) is 11.1. The van der Waals surface area contributed by atoms with Crippen molar-refractivity contribution in [2.75, 3.05) is 19.6 Å². The molecule has 0 aromatic heterocycles. The maximum Gasteiger partial charge on any atom is 0.0218 e. The van der Waals surface area contributed by atoms with Crippen molar-refractivity contribution in [2.24, 2.45) is 11.8 Å². The molecule has 0 spiro atoms. The minimum atomic E-state index is 0.718. The van der Waals surface area contributed by atoms with E-state index >= 15 is 0 Å². The largest absolute Gasteiger partial charge is 0.315 e. The van der Waals surface area contributed by atoms with E-state index in [0.29, 0.717) is 0 Å². The summed E-state index contributed by atoms with van der Waals surface area (Å²) < 4.78 is 0. The van der Waals surface area contributed by atoms with Crippen molar-refractivity contribution in [3.05, 3.63) is 0 Å². The van der Waals surface area contributed by atoms with Gasteiger partial charge in [0.2, 0.25) is 0 Å². The van der Waals surface area contributed by atoms with Gasteiger partial charge in [-0.3, -0.25) is 0 Å². The minimum Gasteiger partial charge on any atom is -0.315 e. The molecular weight excluding hydrogens is 184 g/mol. The molecule has 2 heteroatoms. The smallest absolute Gasteiger partial charge is 0.0218 e. The summed E-state index contributed by atoms with van der Waals surface area (Å²) in [5.41, 5.74) is 0. The molecule has 0 amide bonds. The van der Waals surface area contributed by atoms with Gasteiger partial charge in [0, 0.05) is 12.6 Å². The Hall–Kier alpha value is -0.0800. The molecule has 2 unspecified atom stereocenters. The van der Waals surface area contributed by atoms with Gasteiger partial charge >= 0.3 is 0 Å². The fourth-order valence-corrected chi connectivity index (χ4v) is 2.23. The average molecular weight is 212 g/mol. The zero-order valence-electron chi connectivity index (χ0n) is 10.7. The van der Waals surface area contributed by atoms with Crippen LogP contribution in [-0.4, -0.2) is 25.7 Å². The first kappa shape index (κ1) is 13.0. The van der Waals surface area contributed by atoms with Gasteiger partial charge in [0.25, 0.3) is 0 Å². The third-order valence-corrected chi connectivity index (χ3v) is 3.44. The van der Waals surface area contributed by atoms with Gasteiger partial charge in [-0.2, -0.15) is 0 Å². The second kappa shape index (κ2) is 7.24. The van der Waals surface area contributed by atoms with Crippen LogP contribution in [0.1, 0.15) is 46.5 Å². The first-order valence-corrected chi connectivity index (χ1v) is 6.64. The van der Waals surface area contributed by atoms with E-state index in [1.807, 2.05) is 0 Å². The average Bonchev–Trinajstić information content (AvgIpc) is 2.57. The second-order valence-corrected chi connectivity index (χ2v) is 5.42. The lowest BCUT2D eigenvalue weighted by Crippen LogP contribution is -2.37. The van der Waals surface area contributed by atoms with Gasteiger partial charge in [0.1, 0.15) is 0 Å². The molecule has 0 aliphatic carbocycles. The maximum atomic E-state index is 3.57. The molecule has 0 aromatic rings. The Labute approximate surface area is 95.2 Å². The molecule has 2 N–H and O–H groups in total. The summed E-state index contributed by atoms with van der Waals surface area (Å²) in [6.45, 7) is 10.5. The predicted molar refractivity (Wildman–Crippen MR) is 67.1 cm³/mol. The SMILES string of the molecule is CC(C)CCCCNCC1NCCC1C. The van der Waals surface area contributed by atoms with Crippen molar-refractivity contribution >= 4 is 0 Å². The Morgan fingerprint density at radius 2 is 2.13 bits per heavy atom. The third kappa shape index (κ3) is 5.53. The van der Waals surface area contributed by atoms with Gasteiger partial charge in [-0.25, -0.2) is 0 Å². The first-order valence-electron chi connectivity index (χ1n) is 6.64. The monoisotopic (exact) mass is 212 g/mol. The molecule has 1 heterocycles. The summed E-state index contributed by atoms with van der Waals surface area (Å²) in [5.74, 6) is 1.72. The minimum absolute atomic E-state index is 0.718. The van der Waals surface area contributed by atoms with Crippen molar-refractivity contribution in [1.29, 1.82) is 0 Å². The van der Waals surface area contributed by atoms with Crippen molar-refractivity contribution in [2.45, 2.75) is 52.5 Å². The Morgan fingerprint density at radius 1 is 1.33 bits per heavy atom. The lowest BCUT2D eigenvalue weighted by Gasteiger charge is -2.16. The van der Waals surface area contributed by atoms with Crippen LogP contribution in [0.4, 0.5) is 0 Å². The molecule has 15 heavy (non-hydrogen) atoms. The summed E-state index contributed by atoms with van der Waals surface area (Å²) in [4.78, 5) is 0. The topological polar surface area (TPSA) is 24.1 Å². The van der Waals surface area contributed by atoms with Crippen molar-refractivity contribution in [3.8, 4) is 0 Å². The van der Waals surface area contributed by atoms with Crippen LogP contribution in [0, 0.1) is 11.8 Å². The van der Waals surface area contributed by atoms with E-state index in [0.717, 1.165) is 24.4 Å². The van der Waals surface area contributed by atoms with Gasteiger partial charge in [-0.1, -0.05) is 33.6 Å². The fourth-order valence-electron chi connectivity index (χ4n) is 2.23. The molecule has 1 saturated heterocycles. The molecule has 1 aliphatic heterocycles. The molecule has 2 atom stereocenters. The molecule has 1 fully saturated rings. The summed E-state index contributed by atoms with van der Waals surface area (Å²) in [7, 11) is 0. The van der Waals surface area contributed by atoms with Crippen molar-refractivity contribution in [1.82, 2.24) is 10.6 Å². The molecule has 2 nitrogen and oxygen atoms in total. The standard InChI is InChI=1S/C13H28N2/c1-11(2)6-4-5-8-14-10-13-12(3)7-9-15-13/h11-15H,4-10H2,1-3H3. The number of nitrogens with one attached hydrogen (secondary N) is 2. The Morgan fingerprint density at radius 3 is 2.73 bits per heavy atom. The molecule has 0 bridgehead atoms. The van der Waals surface area contributed by atoms with Crippen LogP contribution in [0.25, 0.3) is 0 Å². The lowest BCUT2D eigenvalue weighted by molar-refractivity contribution is 0.440. The molecule has 0 saturated carbocycles. The van der Waals surface area contributed by atoms with Crippen LogP contribution in [-0.2, 0) is 0 Å². The van der Waals surface area contributed by atoms with E-state index in [1.165, 1.54) is 38.8 Å². The van der Waals surface area contributed by atoms with Crippen molar-refractivity contribution < 1.29 is 0 Å². The van der Waals surface area contributed by atoms with E-state index < -0.39 is 0 Å². The predicted octanol–water partition coefficient (Wildman–Crippen LogP) is 2.40. The van der Waals surface area contributed by atoms with E-state index in [2.05, 4.69) is 31.4 Å². The number of hydrogen-bond donors (Lipinski definition) is 2. The van der Waals surface area contributed by atoms with Gasteiger partial charge in [0.15, 0.2) is 0 Å². The summed E-state index contributed by atoms with van der Waals surface area (Å²) in [6.07, 6.45) is 5.43. The molecule has 1 aliphatic rings. The molecular formula is C13H28N2. The molecule has 0 aromatic carbocycles. The Bertz CT molecular complexity index is 157. The Kier molecular flexibility index (Phi) is 6.26. The van der Waals surface area contributed by atoms with Crippen molar-refractivity contribution in [3.63, 3.8) is 0 Å². The van der Waals surface area contributed by atoms with Gasteiger partial charge in [-0.05, 0) is 37.8 Å². The van der Waals surface area contributed by atoms with E-state index in [1.54, 1.807) is 0 Å². The Balaban J connectivity index is 1.88. The number of unbranched alkanes of at least 4 members (excludes halogenated alkanes) is 1. The molecule has 0 radical (unpaired) electrons. The highest BCUT2D eigenvalue weighted by Gasteiger charge is 2.21. The second-order valence-electron chi connectivity index (χ2n) is 5.42. The highest BCUT2D eigenvalue weighted by molar-refractivity contribution is 4.82. The van der Waals surface area contributed by atoms with Crippen LogP contribution < -0.4 is 10.6 Å². The first-order chi connectivity index (χ1) is 7.20. The van der Waals surface area contributed by atoms with Gasteiger partial charge < -0.3 is 10.6 Å². The molecule has 90 valence electrons. The van der Waals surface area contributed by atoms with E-state index in [-0.39, 0.29) is 0 Å². The number of rotatable bonds is 7.